The summed E-state index contributed by atoms with van der Waals surface area (Å²) in [6.45, 7) is 4.01. The van der Waals surface area contributed by atoms with Crippen LogP contribution in [0.15, 0.2) is 22.7 Å². The third-order valence-corrected chi connectivity index (χ3v) is 2.38. The van der Waals surface area contributed by atoms with Crippen molar-refractivity contribution in [3.8, 4) is 5.75 Å². The van der Waals surface area contributed by atoms with Crippen molar-refractivity contribution in [3.63, 3.8) is 0 Å². The van der Waals surface area contributed by atoms with Crippen molar-refractivity contribution >= 4 is 15.9 Å². The number of nitrogens with two attached hydrogens (primary N) is 1. The van der Waals surface area contributed by atoms with Crippen LogP contribution in [0.3, 0.4) is 0 Å². The zero-order valence-corrected chi connectivity index (χ0v) is 10.4. The van der Waals surface area contributed by atoms with Crippen LogP contribution in [0.5, 0.6) is 5.75 Å². The second-order valence-corrected chi connectivity index (χ2v) is 5.04. The van der Waals surface area contributed by atoms with Gasteiger partial charge in [0.05, 0.1) is 7.11 Å². The summed E-state index contributed by atoms with van der Waals surface area (Å²) < 4.78 is 6.32. The number of hydrogen-bond donors (Lipinski definition) is 1. The highest BCUT2D eigenvalue weighted by Crippen LogP contribution is 2.25. The van der Waals surface area contributed by atoms with E-state index in [9.17, 15) is 0 Å². The molecule has 3 heteroatoms. The Labute approximate surface area is 93.6 Å². The van der Waals surface area contributed by atoms with Gasteiger partial charge in [-0.25, -0.2) is 0 Å². The molecule has 0 bridgehead atoms. The molecule has 0 unspecified atom stereocenters. The summed E-state index contributed by atoms with van der Waals surface area (Å²) in [5, 5.41) is 0. The quantitative estimate of drug-likeness (QED) is 0.904. The lowest BCUT2D eigenvalue weighted by Crippen LogP contribution is -2.34. The van der Waals surface area contributed by atoms with Crippen LogP contribution < -0.4 is 10.5 Å². The van der Waals surface area contributed by atoms with Crippen LogP contribution in [0.25, 0.3) is 0 Å². The molecule has 78 valence electrons. The fourth-order valence-corrected chi connectivity index (χ4v) is 1.78. The third kappa shape index (κ3) is 3.31. The maximum absolute atomic E-state index is 5.97. The van der Waals surface area contributed by atoms with E-state index in [1.165, 1.54) is 0 Å². The van der Waals surface area contributed by atoms with Crippen LogP contribution in [-0.2, 0) is 6.42 Å². The lowest BCUT2D eigenvalue weighted by atomic mass is 9.96. The van der Waals surface area contributed by atoms with Crippen LogP contribution in [-0.4, -0.2) is 12.6 Å². The molecule has 1 aromatic rings. The van der Waals surface area contributed by atoms with Gasteiger partial charge >= 0.3 is 0 Å². The van der Waals surface area contributed by atoms with Crippen molar-refractivity contribution in [2.45, 2.75) is 25.8 Å². The molecule has 0 heterocycles. The molecular formula is C11H16BrNO. The highest BCUT2D eigenvalue weighted by atomic mass is 79.9. The molecule has 1 aromatic carbocycles. The van der Waals surface area contributed by atoms with Crippen LogP contribution in [0, 0.1) is 0 Å². The Morgan fingerprint density at radius 3 is 2.57 bits per heavy atom. The average molecular weight is 258 g/mol. The number of ether oxygens (including phenoxy) is 1. The number of benzene rings is 1. The van der Waals surface area contributed by atoms with E-state index in [0.717, 1.165) is 22.2 Å². The molecule has 0 aliphatic heterocycles. The van der Waals surface area contributed by atoms with Gasteiger partial charge in [-0.15, -0.1) is 0 Å². The van der Waals surface area contributed by atoms with Gasteiger partial charge in [0.25, 0.3) is 0 Å². The molecule has 1 rings (SSSR count). The summed E-state index contributed by atoms with van der Waals surface area (Å²) in [4.78, 5) is 0. The number of halogens is 1. The minimum atomic E-state index is -0.214. The highest BCUT2D eigenvalue weighted by Gasteiger charge is 2.14. The molecule has 0 fully saturated rings. The van der Waals surface area contributed by atoms with Gasteiger partial charge in [-0.2, -0.15) is 0 Å². The molecule has 0 aliphatic rings. The van der Waals surface area contributed by atoms with E-state index < -0.39 is 0 Å². The van der Waals surface area contributed by atoms with Gasteiger partial charge in [-0.05, 0) is 44.0 Å². The maximum atomic E-state index is 5.97. The zero-order valence-electron chi connectivity index (χ0n) is 8.80. The van der Waals surface area contributed by atoms with Crippen molar-refractivity contribution in [2.75, 3.05) is 7.11 Å². The Morgan fingerprint density at radius 1 is 1.43 bits per heavy atom. The Morgan fingerprint density at radius 2 is 2.07 bits per heavy atom. The minimum absolute atomic E-state index is 0.214. The first kappa shape index (κ1) is 11.5. The number of hydrogen-bond acceptors (Lipinski definition) is 2. The van der Waals surface area contributed by atoms with E-state index in [1.54, 1.807) is 7.11 Å². The maximum Gasteiger partial charge on any atom is 0.122 e. The van der Waals surface area contributed by atoms with Gasteiger partial charge in [0.1, 0.15) is 5.75 Å². The van der Waals surface area contributed by atoms with E-state index in [0.29, 0.717) is 0 Å². The largest absolute Gasteiger partial charge is 0.496 e. The molecule has 0 saturated carbocycles. The van der Waals surface area contributed by atoms with Crippen LogP contribution in [0.4, 0.5) is 0 Å². The molecule has 2 nitrogen and oxygen atoms in total. The molecule has 0 saturated heterocycles. The van der Waals surface area contributed by atoms with E-state index in [1.807, 2.05) is 32.0 Å². The van der Waals surface area contributed by atoms with Crippen LogP contribution in [0.1, 0.15) is 19.4 Å². The molecule has 0 amide bonds. The van der Waals surface area contributed by atoms with E-state index in [4.69, 9.17) is 10.5 Å². The van der Waals surface area contributed by atoms with Gasteiger partial charge in [-0.3, -0.25) is 0 Å². The monoisotopic (exact) mass is 257 g/mol. The molecular weight excluding hydrogens is 242 g/mol. The summed E-state index contributed by atoms with van der Waals surface area (Å²) in [5.74, 6) is 0.895. The summed E-state index contributed by atoms with van der Waals surface area (Å²) in [7, 11) is 1.68. The summed E-state index contributed by atoms with van der Waals surface area (Å²) in [6, 6.07) is 5.96. The molecule has 14 heavy (non-hydrogen) atoms. The molecule has 2 N–H and O–H groups in total. The topological polar surface area (TPSA) is 35.2 Å². The summed E-state index contributed by atoms with van der Waals surface area (Å²) in [6.07, 6.45) is 0.801. The van der Waals surface area contributed by atoms with E-state index in [2.05, 4.69) is 15.9 Å². The van der Waals surface area contributed by atoms with Crippen molar-refractivity contribution in [2.24, 2.45) is 5.73 Å². The van der Waals surface area contributed by atoms with E-state index >= 15 is 0 Å². The van der Waals surface area contributed by atoms with Gasteiger partial charge in [0.15, 0.2) is 0 Å². The minimum Gasteiger partial charge on any atom is -0.496 e. The predicted octanol–water partition coefficient (Wildman–Crippen LogP) is 2.74. The first-order valence-corrected chi connectivity index (χ1v) is 5.33. The molecule has 0 spiro atoms. The van der Waals surface area contributed by atoms with Gasteiger partial charge < -0.3 is 10.5 Å². The standard InChI is InChI=1S/C11H16BrNO/c1-11(2,13)7-8-6-9(12)4-5-10(8)14-3/h4-6H,7,13H2,1-3H3. The summed E-state index contributed by atoms with van der Waals surface area (Å²) >= 11 is 3.44. The molecule has 0 aliphatic carbocycles. The second-order valence-electron chi connectivity index (χ2n) is 4.12. The van der Waals surface area contributed by atoms with Crippen molar-refractivity contribution in [1.82, 2.24) is 0 Å². The fraction of sp³-hybridized carbons (Fsp3) is 0.455. The van der Waals surface area contributed by atoms with Gasteiger partial charge in [0.2, 0.25) is 0 Å². The third-order valence-electron chi connectivity index (χ3n) is 1.89. The van der Waals surface area contributed by atoms with Gasteiger partial charge in [-0.1, -0.05) is 15.9 Å². The average Bonchev–Trinajstić information content (AvgIpc) is 2.01. The number of methoxy groups -OCH3 is 1. The Bertz CT molecular complexity index is 318. The summed E-state index contributed by atoms with van der Waals surface area (Å²) in [5.41, 5.74) is 6.89. The normalized spacial score (nSPS) is 11.5. The van der Waals surface area contributed by atoms with E-state index in [-0.39, 0.29) is 5.54 Å². The fourth-order valence-electron chi connectivity index (χ4n) is 1.38. The van der Waals surface area contributed by atoms with Crippen LogP contribution in [0.2, 0.25) is 0 Å². The highest BCUT2D eigenvalue weighted by molar-refractivity contribution is 9.10. The molecule has 0 atom stereocenters. The number of rotatable bonds is 3. The second kappa shape index (κ2) is 4.32. The first-order valence-electron chi connectivity index (χ1n) is 4.54. The molecule has 0 aromatic heterocycles. The SMILES string of the molecule is COc1ccc(Br)cc1CC(C)(C)N. The van der Waals surface area contributed by atoms with Crippen molar-refractivity contribution in [3.05, 3.63) is 28.2 Å². The predicted molar refractivity (Wildman–Crippen MR) is 62.7 cm³/mol. The Hall–Kier alpha value is -0.540. The van der Waals surface area contributed by atoms with Gasteiger partial charge in [0, 0.05) is 10.0 Å². The lowest BCUT2D eigenvalue weighted by molar-refractivity contribution is 0.402. The van der Waals surface area contributed by atoms with Crippen molar-refractivity contribution < 1.29 is 4.74 Å². The Kier molecular flexibility index (Phi) is 3.56. The van der Waals surface area contributed by atoms with Crippen LogP contribution >= 0.6 is 15.9 Å². The van der Waals surface area contributed by atoms with Crippen molar-refractivity contribution in [1.29, 1.82) is 0 Å². The zero-order chi connectivity index (χ0) is 10.8. The first-order chi connectivity index (χ1) is 6.42. The lowest BCUT2D eigenvalue weighted by Gasteiger charge is -2.20. The molecule has 0 radical (unpaired) electrons. The Balaban J connectivity index is 2.99. The smallest absolute Gasteiger partial charge is 0.122 e.